The van der Waals surface area contributed by atoms with Crippen molar-refractivity contribution >= 4 is 10.1 Å². The Labute approximate surface area is 133 Å². The monoisotopic (exact) mass is 332 g/mol. The highest BCUT2D eigenvalue weighted by atomic mass is 32.2. The van der Waals surface area contributed by atoms with Crippen molar-refractivity contribution in [3.8, 4) is 0 Å². The molecule has 0 aliphatic rings. The molecule has 5 nitrogen and oxygen atoms in total. The zero-order valence-corrected chi connectivity index (χ0v) is 14.6. The van der Waals surface area contributed by atoms with E-state index in [2.05, 4.69) is 0 Å². The lowest BCUT2D eigenvalue weighted by Gasteiger charge is -2.17. The Morgan fingerprint density at radius 2 is 1.77 bits per heavy atom. The summed E-state index contributed by atoms with van der Waals surface area (Å²) in [5, 5.41) is 18.1. The minimum absolute atomic E-state index is 0.0116. The molecule has 0 spiro atoms. The highest BCUT2D eigenvalue weighted by Crippen LogP contribution is 2.17. The smallest absolute Gasteiger partial charge is 0.294 e. The first-order valence-electron chi connectivity index (χ1n) is 7.51. The summed E-state index contributed by atoms with van der Waals surface area (Å²) in [4.78, 5) is -0.0116. The molecule has 22 heavy (non-hydrogen) atoms. The lowest BCUT2D eigenvalue weighted by Crippen LogP contribution is -2.22. The minimum atomic E-state index is -4.06. The second-order valence-corrected chi connectivity index (χ2v) is 6.77. The van der Waals surface area contributed by atoms with Gasteiger partial charge < -0.3 is 10.2 Å². The first-order valence-corrected chi connectivity index (χ1v) is 8.95. The van der Waals surface area contributed by atoms with Crippen LogP contribution in [-0.2, 0) is 10.1 Å². The van der Waals surface area contributed by atoms with E-state index in [1.165, 1.54) is 6.07 Å². The third kappa shape index (κ3) is 6.87. The van der Waals surface area contributed by atoms with Gasteiger partial charge in [-0.15, -0.1) is 0 Å². The van der Waals surface area contributed by atoms with Gasteiger partial charge in [-0.3, -0.25) is 4.55 Å². The second kappa shape index (κ2) is 9.94. The van der Waals surface area contributed by atoms with Crippen LogP contribution in [0.25, 0.3) is 0 Å². The van der Waals surface area contributed by atoms with Gasteiger partial charge in [-0.25, -0.2) is 0 Å². The van der Waals surface area contributed by atoms with Gasteiger partial charge in [-0.05, 0) is 43.9 Å². The molecule has 0 aliphatic heterocycles. The maximum atomic E-state index is 10.8. The predicted molar refractivity (Wildman–Crippen MR) is 87.5 cm³/mol. The Bertz CT molecular complexity index is 535. The standard InChI is InChI=1S/C8H10O3S.C8H18O2/c1-6-4-3-5-8(7(6)2)12(9,10)11;1-3-5-8(10)7(4-2)6-9/h3-5H,1-2H3,(H,9,10,11);7-10H,3-6H2,1-2H3. The molecule has 0 bridgehead atoms. The van der Waals surface area contributed by atoms with Crippen molar-refractivity contribution in [3.63, 3.8) is 0 Å². The van der Waals surface area contributed by atoms with E-state index >= 15 is 0 Å². The Morgan fingerprint density at radius 3 is 2.14 bits per heavy atom. The van der Waals surface area contributed by atoms with E-state index in [9.17, 15) is 13.5 Å². The van der Waals surface area contributed by atoms with E-state index in [4.69, 9.17) is 9.66 Å². The molecule has 0 aromatic heterocycles. The normalized spacial score (nSPS) is 14.0. The van der Waals surface area contributed by atoms with Crippen LogP contribution < -0.4 is 0 Å². The largest absolute Gasteiger partial charge is 0.396 e. The van der Waals surface area contributed by atoms with Crippen molar-refractivity contribution in [2.45, 2.75) is 58.0 Å². The van der Waals surface area contributed by atoms with Crippen LogP contribution in [0.5, 0.6) is 0 Å². The number of benzene rings is 1. The first kappa shape index (κ1) is 21.0. The average Bonchev–Trinajstić information content (AvgIpc) is 2.43. The van der Waals surface area contributed by atoms with Crippen molar-refractivity contribution in [2.75, 3.05) is 6.61 Å². The van der Waals surface area contributed by atoms with Crippen LogP contribution in [-0.4, -0.2) is 35.9 Å². The first-order chi connectivity index (χ1) is 10.2. The summed E-state index contributed by atoms with van der Waals surface area (Å²) in [6, 6.07) is 4.78. The average molecular weight is 332 g/mol. The number of aliphatic hydroxyl groups is 2. The molecule has 6 heteroatoms. The molecule has 1 aromatic carbocycles. The fourth-order valence-electron chi connectivity index (χ4n) is 2.06. The topological polar surface area (TPSA) is 94.8 Å². The summed E-state index contributed by atoms with van der Waals surface area (Å²) in [5.74, 6) is 0.0833. The molecular weight excluding hydrogens is 304 g/mol. The molecule has 2 atom stereocenters. The molecule has 0 heterocycles. The summed E-state index contributed by atoms with van der Waals surface area (Å²) in [6.07, 6.45) is 2.34. The van der Waals surface area contributed by atoms with Crippen LogP contribution in [0.2, 0.25) is 0 Å². The van der Waals surface area contributed by atoms with E-state index in [0.29, 0.717) is 5.56 Å². The summed E-state index contributed by atoms with van der Waals surface area (Å²) < 4.78 is 30.3. The molecular formula is C16H28O5S. The number of hydrogen-bond acceptors (Lipinski definition) is 4. The van der Waals surface area contributed by atoms with Gasteiger partial charge in [0.25, 0.3) is 10.1 Å². The van der Waals surface area contributed by atoms with Gasteiger partial charge in [0.05, 0.1) is 11.0 Å². The van der Waals surface area contributed by atoms with Gasteiger partial charge >= 0.3 is 0 Å². The van der Waals surface area contributed by atoms with E-state index < -0.39 is 10.1 Å². The van der Waals surface area contributed by atoms with Crippen LogP contribution in [0.15, 0.2) is 23.1 Å². The molecule has 2 unspecified atom stereocenters. The van der Waals surface area contributed by atoms with Crippen LogP contribution in [0.1, 0.15) is 44.2 Å². The highest BCUT2D eigenvalue weighted by Gasteiger charge is 2.14. The van der Waals surface area contributed by atoms with Crippen molar-refractivity contribution in [2.24, 2.45) is 5.92 Å². The van der Waals surface area contributed by atoms with Crippen LogP contribution in [0.4, 0.5) is 0 Å². The lowest BCUT2D eigenvalue weighted by molar-refractivity contribution is 0.0584. The third-order valence-corrected chi connectivity index (χ3v) is 4.72. The molecule has 1 aromatic rings. The minimum Gasteiger partial charge on any atom is -0.396 e. The van der Waals surface area contributed by atoms with Crippen LogP contribution >= 0.6 is 0 Å². The zero-order chi connectivity index (χ0) is 17.3. The SMILES string of the molecule is CCCC(O)C(CC)CO.Cc1cccc(S(=O)(=O)O)c1C. The van der Waals surface area contributed by atoms with Gasteiger partial charge in [0.2, 0.25) is 0 Å². The summed E-state index contributed by atoms with van der Waals surface area (Å²) in [5.41, 5.74) is 1.45. The Kier molecular flexibility index (Phi) is 9.51. The van der Waals surface area contributed by atoms with Gasteiger partial charge in [-0.2, -0.15) is 8.42 Å². The molecule has 128 valence electrons. The molecule has 3 N–H and O–H groups in total. The number of aliphatic hydroxyl groups excluding tert-OH is 2. The van der Waals surface area contributed by atoms with E-state index in [0.717, 1.165) is 24.8 Å². The number of hydrogen-bond donors (Lipinski definition) is 3. The van der Waals surface area contributed by atoms with E-state index in [1.54, 1.807) is 26.0 Å². The van der Waals surface area contributed by atoms with Crippen molar-refractivity contribution in [1.29, 1.82) is 0 Å². The zero-order valence-electron chi connectivity index (χ0n) is 13.8. The van der Waals surface area contributed by atoms with E-state index in [1.807, 2.05) is 13.8 Å². The molecule has 0 saturated carbocycles. The third-order valence-electron chi connectivity index (χ3n) is 3.72. The van der Waals surface area contributed by atoms with Gasteiger partial charge in [0.15, 0.2) is 0 Å². The van der Waals surface area contributed by atoms with Crippen LogP contribution in [0.3, 0.4) is 0 Å². The lowest BCUT2D eigenvalue weighted by atomic mass is 9.97. The highest BCUT2D eigenvalue weighted by molar-refractivity contribution is 7.85. The molecule has 0 aliphatic carbocycles. The van der Waals surface area contributed by atoms with Gasteiger partial charge in [0.1, 0.15) is 0 Å². The van der Waals surface area contributed by atoms with Gasteiger partial charge in [-0.1, -0.05) is 32.4 Å². The fourth-order valence-corrected chi connectivity index (χ4v) is 2.86. The van der Waals surface area contributed by atoms with Crippen molar-refractivity contribution < 1.29 is 23.2 Å². The summed E-state index contributed by atoms with van der Waals surface area (Å²) >= 11 is 0. The van der Waals surface area contributed by atoms with Gasteiger partial charge in [0, 0.05) is 12.5 Å². The van der Waals surface area contributed by atoms with Crippen molar-refractivity contribution in [3.05, 3.63) is 29.3 Å². The quantitative estimate of drug-likeness (QED) is 0.696. The van der Waals surface area contributed by atoms with Crippen molar-refractivity contribution in [1.82, 2.24) is 0 Å². The maximum absolute atomic E-state index is 10.8. The molecule has 1 rings (SSSR count). The number of rotatable bonds is 6. The summed E-state index contributed by atoms with van der Waals surface area (Å²) in [6.45, 7) is 7.59. The predicted octanol–water partition coefficient (Wildman–Crippen LogP) is 2.72. The Morgan fingerprint density at radius 1 is 1.18 bits per heavy atom. The maximum Gasteiger partial charge on any atom is 0.294 e. The Hall–Kier alpha value is -0.950. The number of aryl methyl sites for hydroxylation is 1. The van der Waals surface area contributed by atoms with E-state index in [-0.39, 0.29) is 23.5 Å². The molecule has 0 radical (unpaired) electrons. The molecule has 0 amide bonds. The second-order valence-electron chi connectivity index (χ2n) is 5.38. The van der Waals surface area contributed by atoms with Crippen LogP contribution in [0, 0.1) is 19.8 Å². The molecule has 0 saturated heterocycles. The Balaban J connectivity index is 0.000000409. The molecule has 0 fully saturated rings. The fraction of sp³-hybridized carbons (Fsp3) is 0.625. The summed E-state index contributed by atoms with van der Waals surface area (Å²) in [7, 11) is -4.06.